The standard InChI is InChI=1S/C25H20ClN7O5S/c1-30-21-20(23(37)31(2)25(30)38)32(13-27-21)12-19(35)28-29-24-33(16-7-5-15(26)6-8-16)22(36)18(39-24)11-14-3-9-17(34)10-4-14/h3-11,13,34H,12H2,1-2H3,(H,28,35)/b18-11+,29-24+. The van der Waals surface area contributed by atoms with Crippen molar-refractivity contribution in [2.75, 3.05) is 4.90 Å². The number of amidine groups is 1. The fourth-order valence-corrected chi connectivity index (χ4v) is 4.97. The van der Waals surface area contributed by atoms with E-state index in [0.717, 1.165) is 16.3 Å². The van der Waals surface area contributed by atoms with Gasteiger partial charge < -0.3 is 9.67 Å². The molecule has 0 bridgehead atoms. The van der Waals surface area contributed by atoms with E-state index >= 15 is 0 Å². The second-order valence-corrected chi connectivity index (χ2v) is 9.94. The van der Waals surface area contributed by atoms with E-state index in [1.165, 1.54) is 46.6 Å². The number of phenols is 1. The Morgan fingerprint density at radius 2 is 1.77 bits per heavy atom. The minimum atomic E-state index is -0.585. The van der Waals surface area contributed by atoms with Crippen molar-refractivity contribution in [3.05, 3.63) is 91.2 Å². The average Bonchev–Trinajstić information content (AvgIpc) is 3.47. The number of hydrogen-bond acceptors (Lipinski definition) is 8. The Labute approximate surface area is 229 Å². The molecule has 1 aliphatic heterocycles. The van der Waals surface area contributed by atoms with Gasteiger partial charge in [-0.2, -0.15) is 0 Å². The highest BCUT2D eigenvalue weighted by molar-refractivity contribution is 8.19. The number of phenolic OH excluding ortho intramolecular Hbond substituents is 1. The van der Waals surface area contributed by atoms with Crippen molar-refractivity contribution in [2.24, 2.45) is 19.2 Å². The molecule has 198 valence electrons. The molecule has 14 heteroatoms. The fourth-order valence-electron chi connectivity index (χ4n) is 3.91. The van der Waals surface area contributed by atoms with Crippen LogP contribution in [0.25, 0.3) is 17.2 Å². The molecular weight excluding hydrogens is 546 g/mol. The largest absolute Gasteiger partial charge is 0.508 e. The molecule has 1 fully saturated rings. The van der Waals surface area contributed by atoms with Gasteiger partial charge in [0.1, 0.15) is 12.3 Å². The van der Waals surface area contributed by atoms with Crippen LogP contribution in [0.4, 0.5) is 5.69 Å². The van der Waals surface area contributed by atoms with Crippen LogP contribution in [0.3, 0.4) is 0 Å². The van der Waals surface area contributed by atoms with Gasteiger partial charge in [0.2, 0.25) is 0 Å². The van der Waals surface area contributed by atoms with E-state index in [4.69, 9.17) is 11.6 Å². The number of hydrogen-bond donors (Lipinski definition) is 2. The normalized spacial score (nSPS) is 15.6. The third kappa shape index (κ3) is 4.96. The Kier molecular flexibility index (Phi) is 6.85. The van der Waals surface area contributed by atoms with Crippen LogP contribution in [0.15, 0.2) is 74.5 Å². The van der Waals surface area contributed by atoms with Gasteiger partial charge in [-0.15, -0.1) is 5.10 Å². The summed E-state index contributed by atoms with van der Waals surface area (Å²) in [6, 6.07) is 12.9. The number of carbonyl (C=O) groups is 2. The zero-order valence-corrected chi connectivity index (χ0v) is 22.1. The lowest BCUT2D eigenvalue weighted by Gasteiger charge is -2.15. The van der Waals surface area contributed by atoms with Crippen LogP contribution < -0.4 is 21.6 Å². The van der Waals surface area contributed by atoms with E-state index in [0.29, 0.717) is 21.2 Å². The highest BCUT2D eigenvalue weighted by atomic mass is 35.5. The van der Waals surface area contributed by atoms with E-state index < -0.39 is 17.2 Å². The van der Waals surface area contributed by atoms with Crippen molar-refractivity contribution in [3.8, 4) is 5.75 Å². The third-order valence-electron chi connectivity index (χ3n) is 5.89. The molecular formula is C25H20ClN7O5S. The molecule has 0 unspecified atom stereocenters. The molecule has 0 aliphatic carbocycles. The number of rotatable bonds is 5. The maximum atomic E-state index is 13.3. The molecule has 0 atom stereocenters. The molecule has 39 heavy (non-hydrogen) atoms. The predicted molar refractivity (Wildman–Crippen MR) is 148 cm³/mol. The summed E-state index contributed by atoms with van der Waals surface area (Å²) in [5, 5.41) is 14.4. The Balaban J connectivity index is 1.44. The second kappa shape index (κ2) is 10.3. The quantitative estimate of drug-likeness (QED) is 0.278. The molecule has 12 nitrogen and oxygen atoms in total. The van der Waals surface area contributed by atoms with Crippen LogP contribution in [0.2, 0.25) is 5.02 Å². The Bertz CT molecular complexity index is 1800. The number of aromatic nitrogens is 4. The lowest BCUT2D eigenvalue weighted by Crippen LogP contribution is -2.38. The van der Waals surface area contributed by atoms with Crippen LogP contribution in [0.5, 0.6) is 5.75 Å². The summed E-state index contributed by atoms with van der Waals surface area (Å²) >= 11 is 7.07. The van der Waals surface area contributed by atoms with Crippen LogP contribution >= 0.6 is 23.4 Å². The molecule has 2 aromatic carbocycles. The first-order valence-electron chi connectivity index (χ1n) is 11.4. The number of imidazole rings is 1. The van der Waals surface area contributed by atoms with Crippen LogP contribution in [-0.4, -0.2) is 40.8 Å². The number of carbonyl (C=O) groups excluding carboxylic acids is 2. The number of aryl methyl sites for hydroxylation is 1. The summed E-state index contributed by atoms with van der Waals surface area (Å²) in [6.45, 7) is -0.309. The van der Waals surface area contributed by atoms with Gasteiger partial charge in [-0.25, -0.2) is 15.2 Å². The molecule has 4 aromatic rings. The zero-order valence-electron chi connectivity index (χ0n) is 20.5. The Morgan fingerprint density at radius 1 is 1.08 bits per heavy atom. The molecule has 2 aromatic heterocycles. The minimum Gasteiger partial charge on any atom is -0.508 e. The smallest absolute Gasteiger partial charge is 0.332 e. The van der Waals surface area contributed by atoms with Gasteiger partial charge >= 0.3 is 5.69 Å². The lowest BCUT2D eigenvalue weighted by atomic mass is 10.2. The Morgan fingerprint density at radius 3 is 2.46 bits per heavy atom. The number of anilines is 1. The van der Waals surface area contributed by atoms with Crippen LogP contribution in [0, 0.1) is 0 Å². The lowest BCUT2D eigenvalue weighted by molar-refractivity contribution is -0.121. The van der Waals surface area contributed by atoms with Gasteiger partial charge in [0.15, 0.2) is 16.3 Å². The maximum Gasteiger partial charge on any atom is 0.332 e. The fraction of sp³-hybridized carbons (Fsp3) is 0.120. The van der Waals surface area contributed by atoms with Gasteiger partial charge in [-0.3, -0.25) is 28.4 Å². The average molecular weight is 566 g/mol. The molecule has 3 heterocycles. The van der Waals surface area contributed by atoms with Gasteiger partial charge in [0.25, 0.3) is 17.4 Å². The third-order valence-corrected chi connectivity index (χ3v) is 7.11. The van der Waals surface area contributed by atoms with Crippen molar-refractivity contribution in [2.45, 2.75) is 6.54 Å². The molecule has 1 saturated heterocycles. The van der Waals surface area contributed by atoms with Crippen molar-refractivity contribution in [3.63, 3.8) is 0 Å². The van der Waals surface area contributed by atoms with Gasteiger partial charge in [-0.05, 0) is 59.8 Å². The van der Waals surface area contributed by atoms with Gasteiger partial charge in [0.05, 0.1) is 16.9 Å². The summed E-state index contributed by atoms with van der Waals surface area (Å²) in [6.07, 6.45) is 2.95. The topological polar surface area (TPSA) is 144 Å². The van der Waals surface area contributed by atoms with Crippen molar-refractivity contribution in [1.29, 1.82) is 0 Å². The van der Waals surface area contributed by atoms with Crippen molar-refractivity contribution >= 4 is 63.3 Å². The zero-order chi connectivity index (χ0) is 27.8. The molecule has 0 saturated carbocycles. The highest BCUT2D eigenvalue weighted by Gasteiger charge is 2.35. The molecule has 0 radical (unpaired) electrons. The number of halogens is 1. The summed E-state index contributed by atoms with van der Waals surface area (Å²) in [7, 11) is 2.83. The number of nitrogens with zero attached hydrogens (tertiary/aromatic N) is 6. The first-order valence-corrected chi connectivity index (χ1v) is 12.6. The molecule has 2 amide bonds. The molecule has 0 spiro atoms. The second-order valence-electron chi connectivity index (χ2n) is 8.50. The molecule has 2 N–H and O–H groups in total. The number of fused-ring (bicyclic) bond motifs is 1. The Hall–Kier alpha value is -4.62. The van der Waals surface area contributed by atoms with Crippen molar-refractivity contribution in [1.82, 2.24) is 24.1 Å². The number of thioether (sulfide) groups is 1. The number of aromatic hydroxyl groups is 1. The monoisotopic (exact) mass is 565 g/mol. The SMILES string of the molecule is Cn1c(=O)c2c(ncn2CC(=O)N/N=C2/S/C(=C/c3ccc(O)cc3)C(=O)N2c2ccc(Cl)cc2)n(C)c1=O. The van der Waals surface area contributed by atoms with E-state index in [2.05, 4.69) is 15.5 Å². The van der Waals surface area contributed by atoms with Gasteiger partial charge in [-0.1, -0.05) is 23.7 Å². The van der Waals surface area contributed by atoms with E-state index in [1.807, 2.05) is 0 Å². The summed E-state index contributed by atoms with van der Waals surface area (Å²) < 4.78 is 3.48. The molecule has 1 aliphatic rings. The highest BCUT2D eigenvalue weighted by Crippen LogP contribution is 2.36. The van der Waals surface area contributed by atoms with E-state index in [9.17, 15) is 24.3 Å². The maximum absolute atomic E-state index is 13.3. The van der Waals surface area contributed by atoms with Crippen LogP contribution in [0.1, 0.15) is 5.56 Å². The number of hydrazone groups is 1. The number of benzene rings is 2. The first kappa shape index (κ1) is 26.0. The predicted octanol–water partition coefficient (Wildman–Crippen LogP) is 2.00. The van der Waals surface area contributed by atoms with Gasteiger partial charge in [0, 0.05) is 19.1 Å². The summed E-state index contributed by atoms with van der Waals surface area (Å²) in [4.78, 5) is 56.7. The van der Waals surface area contributed by atoms with E-state index in [-0.39, 0.29) is 34.5 Å². The van der Waals surface area contributed by atoms with Crippen LogP contribution in [-0.2, 0) is 30.2 Å². The number of nitrogens with one attached hydrogen (secondary N) is 1. The summed E-state index contributed by atoms with van der Waals surface area (Å²) in [5.41, 5.74) is 2.74. The van der Waals surface area contributed by atoms with E-state index in [1.54, 1.807) is 42.5 Å². The number of amides is 2. The summed E-state index contributed by atoms with van der Waals surface area (Å²) in [5.74, 6) is -0.854. The minimum absolute atomic E-state index is 0.0923. The molecule has 5 rings (SSSR count). The first-order chi connectivity index (χ1) is 18.6. The van der Waals surface area contributed by atoms with Crippen molar-refractivity contribution < 1.29 is 14.7 Å².